The van der Waals surface area contributed by atoms with Gasteiger partial charge in [0.05, 0.1) is 5.69 Å². The molecule has 3 rings (SSSR count). The monoisotopic (exact) mass is 357 g/mol. The molecule has 1 aliphatic heterocycles. The van der Waals surface area contributed by atoms with Gasteiger partial charge in [-0.15, -0.1) is 11.3 Å². The number of benzene rings is 1. The van der Waals surface area contributed by atoms with E-state index < -0.39 is 0 Å². The summed E-state index contributed by atoms with van der Waals surface area (Å²) in [4.78, 5) is 19.5. The number of likely N-dealkylation sites (tertiary alicyclic amines) is 1. The van der Waals surface area contributed by atoms with Crippen LogP contribution in [0.2, 0.25) is 0 Å². The van der Waals surface area contributed by atoms with Gasteiger partial charge in [0, 0.05) is 30.6 Å². The summed E-state index contributed by atoms with van der Waals surface area (Å²) in [6.07, 6.45) is 1.31. The SMILES string of the molecule is Cc1cc(C)cc(C(=O)Nc2nc(CN3C[C@H](C)C[C@H](C)C3)cs2)c1. The van der Waals surface area contributed by atoms with Crippen LogP contribution >= 0.6 is 11.3 Å². The fourth-order valence-electron chi connectivity index (χ4n) is 3.86. The third-order valence-corrected chi connectivity index (χ3v) is 5.39. The minimum Gasteiger partial charge on any atom is -0.298 e. The Balaban J connectivity index is 1.62. The lowest BCUT2D eigenvalue weighted by Crippen LogP contribution is -2.38. The van der Waals surface area contributed by atoms with Crippen molar-refractivity contribution in [1.82, 2.24) is 9.88 Å². The van der Waals surface area contributed by atoms with Crippen LogP contribution in [0.15, 0.2) is 23.6 Å². The average Bonchev–Trinajstić information content (AvgIpc) is 2.92. The number of piperidine rings is 1. The lowest BCUT2D eigenvalue weighted by molar-refractivity contribution is 0.102. The minimum atomic E-state index is -0.0899. The molecule has 25 heavy (non-hydrogen) atoms. The molecule has 0 unspecified atom stereocenters. The van der Waals surface area contributed by atoms with Gasteiger partial charge >= 0.3 is 0 Å². The maximum Gasteiger partial charge on any atom is 0.257 e. The van der Waals surface area contributed by atoms with Gasteiger partial charge in [-0.1, -0.05) is 31.0 Å². The maximum atomic E-state index is 12.4. The van der Waals surface area contributed by atoms with Crippen molar-refractivity contribution in [2.45, 2.75) is 40.7 Å². The molecule has 134 valence electrons. The summed E-state index contributed by atoms with van der Waals surface area (Å²) >= 11 is 1.50. The van der Waals surface area contributed by atoms with E-state index in [4.69, 9.17) is 0 Å². The molecular weight excluding hydrogens is 330 g/mol. The van der Waals surface area contributed by atoms with E-state index in [0.29, 0.717) is 10.7 Å². The van der Waals surface area contributed by atoms with Crippen LogP contribution in [-0.4, -0.2) is 28.9 Å². The van der Waals surface area contributed by atoms with Gasteiger partial charge in [0.25, 0.3) is 5.91 Å². The third-order valence-electron chi connectivity index (χ3n) is 4.59. The van der Waals surface area contributed by atoms with Crippen LogP contribution in [0.25, 0.3) is 0 Å². The van der Waals surface area contributed by atoms with E-state index in [9.17, 15) is 4.79 Å². The summed E-state index contributed by atoms with van der Waals surface area (Å²) in [5.74, 6) is 1.39. The number of hydrogen-bond donors (Lipinski definition) is 1. The van der Waals surface area contributed by atoms with Crippen molar-refractivity contribution in [1.29, 1.82) is 0 Å². The van der Waals surface area contributed by atoms with E-state index in [1.807, 2.05) is 26.0 Å². The van der Waals surface area contributed by atoms with Gasteiger partial charge in [-0.3, -0.25) is 15.0 Å². The van der Waals surface area contributed by atoms with E-state index >= 15 is 0 Å². The quantitative estimate of drug-likeness (QED) is 0.877. The summed E-state index contributed by atoms with van der Waals surface area (Å²) < 4.78 is 0. The number of nitrogens with one attached hydrogen (secondary N) is 1. The lowest BCUT2D eigenvalue weighted by atomic mass is 9.92. The highest BCUT2D eigenvalue weighted by Gasteiger charge is 2.22. The van der Waals surface area contributed by atoms with Gasteiger partial charge in [0.15, 0.2) is 5.13 Å². The Hall–Kier alpha value is -1.72. The van der Waals surface area contributed by atoms with E-state index in [-0.39, 0.29) is 5.91 Å². The smallest absolute Gasteiger partial charge is 0.257 e. The zero-order valence-electron chi connectivity index (χ0n) is 15.5. The second kappa shape index (κ2) is 7.67. The van der Waals surface area contributed by atoms with E-state index in [1.165, 1.54) is 17.8 Å². The molecule has 0 spiro atoms. The molecule has 0 bridgehead atoms. The van der Waals surface area contributed by atoms with Gasteiger partial charge < -0.3 is 0 Å². The fourth-order valence-corrected chi connectivity index (χ4v) is 4.56. The highest BCUT2D eigenvalue weighted by Crippen LogP contribution is 2.24. The van der Waals surface area contributed by atoms with Crippen LogP contribution < -0.4 is 5.32 Å². The number of rotatable bonds is 4. The number of aromatic nitrogens is 1. The van der Waals surface area contributed by atoms with Gasteiger partial charge in [0.2, 0.25) is 0 Å². The third kappa shape index (κ3) is 4.89. The van der Waals surface area contributed by atoms with Crippen LogP contribution in [0, 0.1) is 25.7 Å². The standard InChI is InChI=1S/C20H27N3OS/c1-13-5-14(2)8-17(7-13)19(24)22-20-21-18(12-25-20)11-23-9-15(3)6-16(4)10-23/h5,7-8,12,15-16H,6,9-11H2,1-4H3,(H,21,22,24)/t15-,16+. The van der Waals surface area contributed by atoms with Crippen LogP contribution in [0.3, 0.4) is 0 Å². The minimum absolute atomic E-state index is 0.0899. The second-order valence-corrected chi connectivity index (χ2v) is 8.47. The van der Waals surface area contributed by atoms with Crippen LogP contribution in [0.4, 0.5) is 5.13 Å². The van der Waals surface area contributed by atoms with Crippen LogP contribution in [-0.2, 0) is 6.54 Å². The molecule has 1 N–H and O–H groups in total. The molecule has 0 radical (unpaired) electrons. The van der Waals surface area contributed by atoms with Crippen LogP contribution in [0.1, 0.15) is 47.4 Å². The summed E-state index contributed by atoms with van der Waals surface area (Å²) in [6, 6.07) is 5.89. The Morgan fingerprint density at radius 2 is 1.84 bits per heavy atom. The molecule has 1 fully saturated rings. The maximum absolute atomic E-state index is 12.4. The number of anilines is 1. The first-order valence-corrected chi connectivity index (χ1v) is 9.83. The summed E-state index contributed by atoms with van der Waals surface area (Å²) in [5, 5.41) is 5.67. The molecule has 0 saturated carbocycles. The van der Waals surface area contributed by atoms with Crippen molar-refractivity contribution in [3.05, 3.63) is 46.0 Å². The Morgan fingerprint density at radius 1 is 1.20 bits per heavy atom. The highest BCUT2D eigenvalue weighted by atomic mass is 32.1. The van der Waals surface area contributed by atoms with Crippen LogP contribution in [0.5, 0.6) is 0 Å². The normalized spacial score (nSPS) is 21.3. The Labute approximate surface area is 154 Å². The molecule has 0 aliphatic carbocycles. The predicted octanol–water partition coefficient (Wildman–Crippen LogP) is 4.49. The van der Waals surface area contributed by atoms with Crippen molar-refractivity contribution >= 4 is 22.4 Å². The number of carbonyl (C=O) groups excluding carboxylic acids is 1. The molecule has 2 atom stereocenters. The van der Waals surface area contributed by atoms with E-state index in [1.54, 1.807) is 0 Å². The second-order valence-electron chi connectivity index (χ2n) is 7.61. The number of nitrogens with zero attached hydrogens (tertiary/aromatic N) is 2. The van der Waals surface area contributed by atoms with Crippen molar-refractivity contribution in [3.8, 4) is 0 Å². The molecule has 5 heteroatoms. The number of hydrogen-bond acceptors (Lipinski definition) is 4. The van der Waals surface area contributed by atoms with Crippen molar-refractivity contribution in [3.63, 3.8) is 0 Å². The summed E-state index contributed by atoms with van der Waals surface area (Å²) in [6.45, 7) is 11.8. The molecular formula is C20H27N3OS. The van der Waals surface area contributed by atoms with E-state index in [0.717, 1.165) is 48.3 Å². The fraction of sp³-hybridized carbons (Fsp3) is 0.500. The summed E-state index contributed by atoms with van der Waals surface area (Å²) in [5.41, 5.74) is 3.92. The molecule has 1 aliphatic rings. The molecule has 4 nitrogen and oxygen atoms in total. The van der Waals surface area contributed by atoms with Crippen molar-refractivity contribution in [2.24, 2.45) is 11.8 Å². The molecule has 1 amide bonds. The van der Waals surface area contributed by atoms with Gasteiger partial charge in [-0.05, 0) is 44.2 Å². The number of carbonyl (C=O) groups is 1. The average molecular weight is 358 g/mol. The van der Waals surface area contributed by atoms with Gasteiger partial charge in [-0.25, -0.2) is 4.98 Å². The molecule has 1 saturated heterocycles. The molecule has 2 aromatic rings. The predicted molar refractivity (Wildman–Crippen MR) is 104 cm³/mol. The highest BCUT2D eigenvalue weighted by molar-refractivity contribution is 7.13. The topological polar surface area (TPSA) is 45.2 Å². The number of amides is 1. The van der Waals surface area contributed by atoms with Gasteiger partial charge in [-0.2, -0.15) is 0 Å². The summed E-state index contributed by atoms with van der Waals surface area (Å²) in [7, 11) is 0. The number of thiazole rings is 1. The van der Waals surface area contributed by atoms with Gasteiger partial charge in [0.1, 0.15) is 0 Å². The van der Waals surface area contributed by atoms with Crippen molar-refractivity contribution < 1.29 is 4.79 Å². The Morgan fingerprint density at radius 3 is 2.48 bits per heavy atom. The lowest BCUT2D eigenvalue weighted by Gasteiger charge is -2.34. The zero-order chi connectivity index (χ0) is 18.0. The Bertz CT molecular complexity index is 725. The number of aryl methyl sites for hydroxylation is 2. The first-order chi connectivity index (χ1) is 11.9. The van der Waals surface area contributed by atoms with E-state index in [2.05, 4.69) is 40.5 Å². The largest absolute Gasteiger partial charge is 0.298 e. The Kier molecular flexibility index (Phi) is 5.54. The van der Waals surface area contributed by atoms with Crippen molar-refractivity contribution in [2.75, 3.05) is 18.4 Å². The first-order valence-electron chi connectivity index (χ1n) is 8.95. The molecule has 1 aromatic carbocycles. The molecule has 2 heterocycles. The zero-order valence-corrected chi connectivity index (χ0v) is 16.3. The molecule has 1 aromatic heterocycles. The first kappa shape index (κ1) is 18.1.